The lowest BCUT2D eigenvalue weighted by Crippen LogP contribution is -2.15. The number of nitrogens with zero attached hydrogens (tertiary/aromatic N) is 1. The normalized spacial score (nSPS) is 10.8. The summed E-state index contributed by atoms with van der Waals surface area (Å²) in [5, 5.41) is 0.766. The number of hydrogen-bond donors (Lipinski definition) is 1. The molecule has 2 N–H and O–H groups in total. The van der Waals surface area contributed by atoms with Crippen LogP contribution in [0.1, 0.15) is 5.56 Å². The van der Waals surface area contributed by atoms with Crippen LogP contribution in [0.4, 0.5) is 5.69 Å². The average Bonchev–Trinajstić information content (AvgIpc) is 2.02. The quantitative estimate of drug-likeness (QED) is 0.754. The second kappa shape index (κ2) is 4.49. The third-order valence-electron chi connectivity index (χ3n) is 1.91. The van der Waals surface area contributed by atoms with Crippen molar-refractivity contribution in [3.63, 3.8) is 0 Å². The maximum absolute atomic E-state index is 6.01. The van der Waals surface area contributed by atoms with Crippen LogP contribution in [0.2, 0.25) is 5.02 Å². The van der Waals surface area contributed by atoms with Crippen molar-refractivity contribution < 1.29 is 0 Å². The lowest BCUT2D eigenvalue weighted by Gasteiger charge is -2.10. The summed E-state index contributed by atoms with van der Waals surface area (Å²) in [5.74, 6) is 0. The summed E-state index contributed by atoms with van der Waals surface area (Å²) in [7, 11) is 4.09. The third kappa shape index (κ3) is 3.25. The topological polar surface area (TPSA) is 29.3 Å². The van der Waals surface area contributed by atoms with Gasteiger partial charge in [-0.3, -0.25) is 0 Å². The predicted octanol–water partition coefficient (Wildman–Crippen LogP) is 2.03. The summed E-state index contributed by atoms with van der Waals surface area (Å²) in [5.41, 5.74) is 7.47. The summed E-state index contributed by atoms with van der Waals surface area (Å²) in [6.45, 7) is 1.00. The van der Waals surface area contributed by atoms with Crippen LogP contribution >= 0.6 is 11.6 Å². The van der Waals surface area contributed by atoms with Gasteiger partial charge in [-0.05, 0) is 38.2 Å². The van der Waals surface area contributed by atoms with Gasteiger partial charge in [0.05, 0.1) is 0 Å². The van der Waals surface area contributed by atoms with Crippen LogP contribution in [0.5, 0.6) is 0 Å². The second-order valence-corrected chi connectivity index (χ2v) is 3.81. The van der Waals surface area contributed by atoms with E-state index in [0.717, 1.165) is 29.2 Å². The minimum atomic E-state index is 0.721. The Morgan fingerprint density at radius 3 is 2.62 bits per heavy atom. The van der Waals surface area contributed by atoms with E-state index in [-0.39, 0.29) is 0 Å². The highest BCUT2D eigenvalue weighted by atomic mass is 35.5. The molecule has 1 aromatic carbocycles. The number of nitrogens with two attached hydrogens (primary N) is 1. The Morgan fingerprint density at radius 1 is 1.38 bits per heavy atom. The molecule has 0 amide bonds. The van der Waals surface area contributed by atoms with E-state index in [1.165, 1.54) is 0 Å². The van der Waals surface area contributed by atoms with Gasteiger partial charge < -0.3 is 10.6 Å². The van der Waals surface area contributed by atoms with E-state index in [2.05, 4.69) is 4.90 Å². The predicted molar refractivity (Wildman–Crippen MR) is 58.1 cm³/mol. The van der Waals surface area contributed by atoms with Crippen molar-refractivity contribution in [2.45, 2.75) is 6.42 Å². The third-order valence-corrected chi connectivity index (χ3v) is 2.26. The Kier molecular flexibility index (Phi) is 3.58. The standard InChI is InChI=1S/C10H15ClN2/c1-13(2)6-5-8-3-4-9(12)7-10(8)11/h3-4,7H,5-6,12H2,1-2H3. The number of hydrogen-bond acceptors (Lipinski definition) is 2. The first-order valence-electron chi connectivity index (χ1n) is 4.28. The van der Waals surface area contributed by atoms with Gasteiger partial charge in [-0.25, -0.2) is 0 Å². The van der Waals surface area contributed by atoms with E-state index in [1.807, 2.05) is 26.2 Å². The number of benzene rings is 1. The van der Waals surface area contributed by atoms with Gasteiger partial charge in [-0.1, -0.05) is 17.7 Å². The summed E-state index contributed by atoms with van der Waals surface area (Å²) < 4.78 is 0. The van der Waals surface area contributed by atoms with E-state index < -0.39 is 0 Å². The molecule has 0 radical (unpaired) electrons. The molecular weight excluding hydrogens is 184 g/mol. The lowest BCUT2D eigenvalue weighted by atomic mass is 10.1. The van der Waals surface area contributed by atoms with Crippen molar-refractivity contribution in [1.82, 2.24) is 4.90 Å². The average molecular weight is 199 g/mol. The van der Waals surface area contributed by atoms with Crippen molar-refractivity contribution in [3.8, 4) is 0 Å². The zero-order chi connectivity index (χ0) is 9.84. The van der Waals surface area contributed by atoms with Crippen molar-refractivity contribution in [1.29, 1.82) is 0 Å². The van der Waals surface area contributed by atoms with Gasteiger partial charge in [0.1, 0.15) is 0 Å². The smallest absolute Gasteiger partial charge is 0.0458 e. The SMILES string of the molecule is CN(C)CCc1ccc(N)cc1Cl. The molecule has 0 bridgehead atoms. The molecule has 1 rings (SSSR count). The van der Waals surface area contributed by atoms with E-state index in [9.17, 15) is 0 Å². The zero-order valence-corrected chi connectivity index (χ0v) is 8.80. The van der Waals surface area contributed by atoms with Gasteiger partial charge in [0.25, 0.3) is 0 Å². The molecule has 0 heterocycles. The van der Waals surface area contributed by atoms with Gasteiger partial charge in [0, 0.05) is 17.3 Å². The van der Waals surface area contributed by atoms with Crippen LogP contribution in [0.25, 0.3) is 0 Å². The van der Waals surface area contributed by atoms with Crippen molar-refractivity contribution in [3.05, 3.63) is 28.8 Å². The van der Waals surface area contributed by atoms with Gasteiger partial charge in [0.15, 0.2) is 0 Å². The Labute approximate surface area is 84.3 Å². The summed E-state index contributed by atoms with van der Waals surface area (Å²) in [6, 6.07) is 5.67. The van der Waals surface area contributed by atoms with E-state index >= 15 is 0 Å². The minimum absolute atomic E-state index is 0.721. The highest BCUT2D eigenvalue weighted by molar-refractivity contribution is 6.31. The molecule has 0 saturated heterocycles. The highest BCUT2D eigenvalue weighted by Crippen LogP contribution is 2.19. The summed E-state index contributed by atoms with van der Waals surface area (Å²) in [4.78, 5) is 2.13. The van der Waals surface area contributed by atoms with Crippen LogP contribution in [0.15, 0.2) is 18.2 Å². The Bertz CT molecular complexity index is 284. The number of nitrogen functional groups attached to an aromatic ring is 1. The van der Waals surface area contributed by atoms with E-state index in [4.69, 9.17) is 17.3 Å². The Morgan fingerprint density at radius 2 is 2.08 bits per heavy atom. The van der Waals surface area contributed by atoms with E-state index in [0.29, 0.717) is 0 Å². The summed E-state index contributed by atoms with van der Waals surface area (Å²) in [6.07, 6.45) is 0.964. The fourth-order valence-corrected chi connectivity index (χ4v) is 1.39. The van der Waals surface area contributed by atoms with Crippen LogP contribution in [-0.2, 0) is 6.42 Å². The highest BCUT2D eigenvalue weighted by Gasteiger charge is 2.00. The number of halogens is 1. The fraction of sp³-hybridized carbons (Fsp3) is 0.400. The molecule has 0 aliphatic carbocycles. The van der Waals surface area contributed by atoms with Crippen LogP contribution in [-0.4, -0.2) is 25.5 Å². The van der Waals surface area contributed by atoms with Crippen molar-refractivity contribution >= 4 is 17.3 Å². The van der Waals surface area contributed by atoms with Crippen molar-refractivity contribution in [2.75, 3.05) is 26.4 Å². The van der Waals surface area contributed by atoms with Gasteiger partial charge >= 0.3 is 0 Å². The first-order chi connectivity index (χ1) is 6.09. The molecule has 0 atom stereocenters. The zero-order valence-electron chi connectivity index (χ0n) is 8.05. The molecule has 0 aliphatic rings. The fourth-order valence-electron chi connectivity index (χ4n) is 1.11. The molecule has 1 aromatic rings. The number of anilines is 1. The van der Waals surface area contributed by atoms with Crippen LogP contribution in [0, 0.1) is 0 Å². The molecule has 0 spiro atoms. The molecule has 2 nitrogen and oxygen atoms in total. The lowest BCUT2D eigenvalue weighted by molar-refractivity contribution is 0.413. The molecule has 3 heteroatoms. The molecule has 0 aromatic heterocycles. The first-order valence-corrected chi connectivity index (χ1v) is 4.66. The minimum Gasteiger partial charge on any atom is -0.399 e. The molecule has 0 saturated carbocycles. The summed E-state index contributed by atoms with van der Waals surface area (Å²) >= 11 is 6.01. The van der Waals surface area contributed by atoms with Gasteiger partial charge in [-0.2, -0.15) is 0 Å². The molecule has 0 aliphatic heterocycles. The Hall–Kier alpha value is -0.730. The second-order valence-electron chi connectivity index (χ2n) is 3.40. The maximum Gasteiger partial charge on any atom is 0.0458 e. The van der Waals surface area contributed by atoms with Crippen molar-refractivity contribution in [2.24, 2.45) is 0 Å². The van der Waals surface area contributed by atoms with Crippen LogP contribution in [0.3, 0.4) is 0 Å². The number of rotatable bonds is 3. The monoisotopic (exact) mass is 198 g/mol. The van der Waals surface area contributed by atoms with Gasteiger partial charge in [-0.15, -0.1) is 0 Å². The molecule has 0 unspecified atom stereocenters. The number of likely N-dealkylation sites (N-methyl/N-ethyl adjacent to an activating group) is 1. The molecule has 13 heavy (non-hydrogen) atoms. The maximum atomic E-state index is 6.01. The molecule has 72 valence electrons. The van der Waals surface area contributed by atoms with Crippen LogP contribution < -0.4 is 5.73 Å². The largest absolute Gasteiger partial charge is 0.399 e. The van der Waals surface area contributed by atoms with Gasteiger partial charge in [0.2, 0.25) is 0 Å². The molecular formula is C10H15ClN2. The molecule has 0 fully saturated rings. The Balaban J connectivity index is 2.67. The van der Waals surface area contributed by atoms with E-state index in [1.54, 1.807) is 6.07 Å². The first kappa shape index (κ1) is 10.4.